The van der Waals surface area contributed by atoms with Crippen LogP contribution >= 0.6 is 11.8 Å². The van der Waals surface area contributed by atoms with Crippen LogP contribution in [0.4, 0.5) is 0 Å². The molecule has 0 aliphatic carbocycles. The lowest BCUT2D eigenvalue weighted by molar-refractivity contribution is -0.112. The van der Waals surface area contributed by atoms with Crippen LogP contribution in [0, 0.1) is 6.92 Å². The van der Waals surface area contributed by atoms with Gasteiger partial charge in [0.1, 0.15) is 5.76 Å². The Bertz CT molecular complexity index is 607. The minimum absolute atomic E-state index is 0.0753. The molecule has 0 spiro atoms. The van der Waals surface area contributed by atoms with E-state index in [4.69, 9.17) is 4.52 Å². The molecule has 2 N–H and O–H groups in total. The summed E-state index contributed by atoms with van der Waals surface area (Å²) in [6.45, 7) is 3.60. The number of hydrogen-bond acceptors (Lipinski definition) is 7. The molecule has 0 aliphatic heterocycles. The number of ketones is 2. The summed E-state index contributed by atoms with van der Waals surface area (Å²) in [5.74, 6) is -0.333. The van der Waals surface area contributed by atoms with Gasteiger partial charge in [0, 0.05) is 19.3 Å². The van der Waals surface area contributed by atoms with E-state index in [9.17, 15) is 14.4 Å². The fraction of sp³-hybridized carbons (Fsp3) is 0.429. The molecule has 1 aromatic heterocycles. The maximum Gasteiger partial charge on any atom is 0.274 e. The van der Waals surface area contributed by atoms with Crippen LogP contribution in [-0.4, -0.2) is 49.0 Å². The van der Waals surface area contributed by atoms with Gasteiger partial charge in [0.2, 0.25) is 5.78 Å². The van der Waals surface area contributed by atoms with Gasteiger partial charge in [-0.1, -0.05) is 5.16 Å². The molecule has 120 valence electrons. The van der Waals surface area contributed by atoms with E-state index in [1.54, 1.807) is 14.0 Å². The topological polar surface area (TPSA) is 101 Å². The summed E-state index contributed by atoms with van der Waals surface area (Å²) in [5, 5.41) is 8.99. The summed E-state index contributed by atoms with van der Waals surface area (Å²) >= 11 is 1.24. The summed E-state index contributed by atoms with van der Waals surface area (Å²) in [6.07, 6.45) is 1.27. The Balaban J connectivity index is 3.16. The van der Waals surface area contributed by atoms with Crippen molar-refractivity contribution in [3.8, 4) is 0 Å². The molecular formula is C14H19N3O4S. The van der Waals surface area contributed by atoms with Crippen molar-refractivity contribution < 1.29 is 18.9 Å². The van der Waals surface area contributed by atoms with Crippen molar-refractivity contribution in [3.63, 3.8) is 0 Å². The Labute approximate surface area is 132 Å². The minimum Gasteiger partial charge on any atom is -0.360 e. The van der Waals surface area contributed by atoms with Crippen LogP contribution in [0.15, 0.2) is 15.5 Å². The normalized spacial score (nSPS) is 11.4. The van der Waals surface area contributed by atoms with Gasteiger partial charge in [-0.05, 0) is 27.0 Å². The summed E-state index contributed by atoms with van der Waals surface area (Å²) < 4.78 is 4.96. The summed E-state index contributed by atoms with van der Waals surface area (Å²) in [6, 6.07) is 0. The number of carbonyl (C=O) groups is 3. The second-order valence-electron chi connectivity index (χ2n) is 4.44. The number of allylic oxidation sites excluding steroid dienone is 2. The maximum absolute atomic E-state index is 12.7. The van der Waals surface area contributed by atoms with E-state index in [0.717, 1.165) is 0 Å². The van der Waals surface area contributed by atoms with Gasteiger partial charge in [0.05, 0.1) is 10.5 Å². The second kappa shape index (κ2) is 8.50. The smallest absolute Gasteiger partial charge is 0.274 e. The number of aryl methyl sites for hydroxylation is 1. The number of aromatic nitrogens is 1. The highest BCUT2D eigenvalue weighted by atomic mass is 32.2. The molecule has 8 heteroatoms. The van der Waals surface area contributed by atoms with Crippen LogP contribution in [0.5, 0.6) is 0 Å². The fourth-order valence-electron chi connectivity index (χ4n) is 1.66. The standard InChI is InChI=1S/C14H19N3O4S/c1-8(18)7-10(22-6-5-15-3)13(19)11-9(2)21-17-12(11)14(20)16-4/h7,15H,5-6H2,1-4H3,(H,16,20)/b10-7+. The number of Topliss-reactive ketones (excluding diaryl/α,β-unsaturated/α-hetero) is 1. The highest BCUT2D eigenvalue weighted by molar-refractivity contribution is 8.04. The van der Waals surface area contributed by atoms with Gasteiger partial charge in [-0.2, -0.15) is 0 Å². The van der Waals surface area contributed by atoms with Crippen molar-refractivity contribution in [1.82, 2.24) is 15.8 Å². The molecule has 0 unspecified atom stereocenters. The molecular weight excluding hydrogens is 306 g/mol. The number of thioether (sulfide) groups is 1. The first-order valence-electron chi connectivity index (χ1n) is 6.65. The number of nitrogens with zero attached hydrogens (tertiary/aromatic N) is 1. The monoisotopic (exact) mass is 325 g/mol. The molecule has 0 atom stereocenters. The minimum atomic E-state index is -0.511. The summed E-state index contributed by atoms with van der Waals surface area (Å²) in [5.41, 5.74) is 0.0116. The third kappa shape index (κ3) is 4.54. The third-order valence-electron chi connectivity index (χ3n) is 2.70. The molecule has 1 aromatic rings. The highest BCUT2D eigenvalue weighted by Gasteiger charge is 2.27. The lowest BCUT2D eigenvalue weighted by Gasteiger charge is -2.06. The molecule has 0 fully saturated rings. The van der Waals surface area contributed by atoms with Gasteiger partial charge >= 0.3 is 0 Å². The van der Waals surface area contributed by atoms with Gasteiger partial charge in [0.15, 0.2) is 11.5 Å². The van der Waals surface area contributed by atoms with Crippen molar-refractivity contribution in [2.45, 2.75) is 13.8 Å². The first-order valence-corrected chi connectivity index (χ1v) is 7.63. The predicted octanol–water partition coefficient (Wildman–Crippen LogP) is 0.951. The molecule has 1 amide bonds. The van der Waals surface area contributed by atoms with E-state index in [2.05, 4.69) is 15.8 Å². The van der Waals surface area contributed by atoms with Gasteiger partial charge in [-0.25, -0.2) is 0 Å². The Hall–Kier alpha value is -1.93. The van der Waals surface area contributed by atoms with Gasteiger partial charge in [-0.15, -0.1) is 11.8 Å². The van der Waals surface area contributed by atoms with Crippen LogP contribution in [0.1, 0.15) is 33.5 Å². The van der Waals surface area contributed by atoms with Gasteiger partial charge < -0.3 is 15.2 Å². The molecule has 22 heavy (non-hydrogen) atoms. The Morgan fingerprint density at radius 3 is 2.55 bits per heavy atom. The van der Waals surface area contributed by atoms with Gasteiger partial charge in [-0.3, -0.25) is 14.4 Å². The van der Waals surface area contributed by atoms with Crippen molar-refractivity contribution in [1.29, 1.82) is 0 Å². The molecule has 1 heterocycles. The zero-order valence-corrected chi connectivity index (χ0v) is 13.8. The Morgan fingerprint density at radius 2 is 2.00 bits per heavy atom. The van der Waals surface area contributed by atoms with E-state index in [1.807, 2.05) is 0 Å². The van der Waals surface area contributed by atoms with Crippen molar-refractivity contribution in [3.05, 3.63) is 28.0 Å². The average Bonchev–Trinajstić information content (AvgIpc) is 2.86. The average molecular weight is 325 g/mol. The zero-order chi connectivity index (χ0) is 16.7. The first kappa shape index (κ1) is 18.1. The second-order valence-corrected chi connectivity index (χ2v) is 5.58. The van der Waals surface area contributed by atoms with Gasteiger partial charge in [0.25, 0.3) is 5.91 Å². The molecule has 0 radical (unpaired) electrons. The SMILES string of the molecule is CNCCS/C(=C/C(C)=O)C(=O)c1c(C(=O)NC)noc1C. The van der Waals surface area contributed by atoms with Crippen LogP contribution in [0.25, 0.3) is 0 Å². The number of amides is 1. The van der Waals surface area contributed by atoms with Crippen LogP contribution in [0.2, 0.25) is 0 Å². The van der Waals surface area contributed by atoms with Crippen LogP contribution in [-0.2, 0) is 4.79 Å². The zero-order valence-electron chi connectivity index (χ0n) is 13.0. The Morgan fingerprint density at radius 1 is 1.32 bits per heavy atom. The lowest BCUT2D eigenvalue weighted by Crippen LogP contribution is -2.21. The van der Waals surface area contributed by atoms with Crippen LogP contribution < -0.4 is 10.6 Å². The third-order valence-corrected chi connectivity index (χ3v) is 3.72. The van der Waals surface area contributed by atoms with E-state index >= 15 is 0 Å². The number of rotatable bonds is 8. The summed E-state index contributed by atoms with van der Waals surface area (Å²) in [4.78, 5) is 36.0. The molecule has 1 rings (SSSR count). The summed E-state index contributed by atoms with van der Waals surface area (Å²) in [7, 11) is 3.24. The van der Waals surface area contributed by atoms with E-state index in [1.165, 1.54) is 31.8 Å². The van der Waals surface area contributed by atoms with Crippen molar-refractivity contribution in [2.24, 2.45) is 0 Å². The highest BCUT2D eigenvalue weighted by Crippen LogP contribution is 2.25. The molecule has 0 saturated carbocycles. The van der Waals surface area contributed by atoms with E-state index < -0.39 is 11.7 Å². The fourth-order valence-corrected chi connectivity index (χ4v) is 2.67. The Kier molecular flexibility index (Phi) is 7.00. The molecule has 0 aromatic carbocycles. The largest absolute Gasteiger partial charge is 0.360 e. The van der Waals surface area contributed by atoms with E-state index in [-0.39, 0.29) is 27.7 Å². The molecule has 7 nitrogen and oxygen atoms in total. The van der Waals surface area contributed by atoms with E-state index in [0.29, 0.717) is 12.3 Å². The first-order chi connectivity index (χ1) is 10.4. The molecule has 0 saturated heterocycles. The maximum atomic E-state index is 12.7. The number of carbonyl (C=O) groups excluding carboxylic acids is 3. The number of nitrogens with one attached hydrogen (secondary N) is 2. The quantitative estimate of drug-likeness (QED) is 0.417. The van der Waals surface area contributed by atoms with Crippen LogP contribution in [0.3, 0.4) is 0 Å². The van der Waals surface area contributed by atoms with Crippen molar-refractivity contribution in [2.75, 3.05) is 26.4 Å². The lowest BCUT2D eigenvalue weighted by atomic mass is 10.1. The van der Waals surface area contributed by atoms with Crippen molar-refractivity contribution >= 4 is 29.2 Å². The predicted molar refractivity (Wildman–Crippen MR) is 84.1 cm³/mol. The molecule has 0 aliphatic rings. The molecule has 0 bridgehead atoms. The number of hydrogen-bond donors (Lipinski definition) is 2.